The van der Waals surface area contributed by atoms with Crippen LogP contribution >= 0.6 is 43.5 Å². The van der Waals surface area contributed by atoms with Gasteiger partial charge in [-0.2, -0.15) is 0 Å². The largest absolute Gasteiger partial charge is 0.468 e. The number of hydrogen-bond donors (Lipinski definition) is 0. The zero-order valence-corrected chi connectivity index (χ0v) is 19.3. The Hall–Kier alpha value is -2.04. The summed E-state index contributed by atoms with van der Waals surface area (Å²) in [4.78, 5) is 36.2. The molecule has 0 bridgehead atoms. The summed E-state index contributed by atoms with van der Waals surface area (Å²) in [5.74, 6) is -2.25. The molecule has 1 aliphatic carbocycles. The average Bonchev–Trinajstić information content (AvgIpc) is 3.44. The smallest absolute Gasteiger partial charge is 0.350 e. The van der Waals surface area contributed by atoms with Gasteiger partial charge in [-0.15, -0.1) is 0 Å². The number of hydrogen-bond acceptors (Lipinski definition) is 6. The van der Waals surface area contributed by atoms with E-state index in [9.17, 15) is 24.1 Å². The van der Waals surface area contributed by atoms with Crippen LogP contribution in [0.2, 0.25) is 5.02 Å². The van der Waals surface area contributed by atoms with Gasteiger partial charge in [0.1, 0.15) is 10.3 Å². The fourth-order valence-corrected chi connectivity index (χ4v) is 4.57. The summed E-state index contributed by atoms with van der Waals surface area (Å²) in [6, 6.07) is 4.48. The molecule has 0 aromatic heterocycles. The minimum absolute atomic E-state index is 0.0116. The number of nitro benzene ring substituents is 1. The molecule has 0 aliphatic heterocycles. The third-order valence-electron chi connectivity index (χ3n) is 4.40. The number of esters is 1. The van der Waals surface area contributed by atoms with E-state index in [1.165, 1.54) is 12.1 Å². The Morgan fingerprint density at radius 1 is 1.30 bits per heavy atom. The molecule has 0 spiro atoms. The lowest BCUT2D eigenvalue weighted by molar-refractivity contribution is -0.386. The van der Waals surface area contributed by atoms with E-state index < -0.39 is 33.8 Å². The maximum absolute atomic E-state index is 13.6. The van der Waals surface area contributed by atoms with E-state index in [1.807, 2.05) is 0 Å². The second kappa shape index (κ2) is 8.60. The second-order valence-electron chi connectivity index (χ2n) is 6.42. The molecule has 7 nitrogen and oxygen atoms in total. The first-order valence-corrected chi connectivity index (χ1v) is 10.6. The average molecular weight is 566 g/mol. The highest BCUT2D eigenvalue weighted by Gasteiger charge is 2.55. The van der Waals surface area contributed by atoms with Gasteiger partial charge in [-0.25, -0.2) is 9.18 Å². The Morgan fingerprint density at radius 3 is 2.53 bits per heavy atom. The summed E-state index contributed by atoms with van der Waals surface area (Å²) in [5.41, 5.74) is -2.14. The molecule has 11 heteroatoms. The summed E-state index contributed by atoms with van der Waals surface area (Å²) in [7, 11) is 0. The van der Waals surface area contributed by atoms with Gasteiger partial charge in [0, 0.05) is 28.9 Å². The molecular weight excluding hydrogens is 552 g/mol. The molecule has 1 fully saturated rings. The minimum Gasteiger partial charge on any atom is -0.468 e. The van der Waals surface area contributed by atoms with Crippen LogP contribution in [-0.4, -0.2) is 28.9 Å². The van der Waals surface area contributed by atoms with Gasteiger partial charge in [-0.3, -0.25) is 14.9 Å². The molecule has 1 aliphatic rings. The van der Waals surface area contributed by atoms with E-state index in [2.05, 4.69) is 31.9 Å². The summed E-state index contributed by atoms with van der Waals surface area (Å²) in [6.07, 6.45) is 0.690. The third-order valence-corrected chi connectivity index (χ3v) is 6.12. The van der Waals surface area contributed by atoms with Crippen molar-refractivity contribution in [3.8, 4) is 5.75 Å². The van der Waals surface area contributed by atoms with Crippen molar-refractivity contribution in [2.45, 2.75) is 25.4 Å². The van der Waals surface area contributed by atoms with Crippen LogP contribution in [0.5, 0.6) is 5.75 Å². The first kappa shape index (κ1) is 22.6. The van der Waals surface area contributed by atoms with Crippen molar-refractivity contribution in [3.05, 3.63) is 65.3 Å². The molecule has 0 unspecified atom stereocenters. The summed E-state index contributed by atoms with van der Waals surface area (Å²) < 4.78 is 24.2. The van der Waals surface area contributed by atoms with Gasteiger partial charge < -0.3 is 9.47 Å². The molecule has 0 N–H and O–H groups in total. The molecule has 0 amide bonds. The van der Waals surface area contributed by atoms with E-state index in [0.29, 0.717) is 12.8 Å². The molecular formula is C19H13Br2ClFNO6. The lowest BCUT2D eigenvalue weighted by Crippen LogP contribution is -2.32. The number of rotatable bonds is 7. The summed E-state index contributed by atoms with van der Waals surface area (Å²) in [6.45, 7) is 1.78. The van der Waals surface area contributed by atoms with Crippen molar-refractivity contribution in [2.24, 2.45) is 0 Å². The first-order valence-electron chi connectivity index (χ1n) is 8.63. The van der Waals surface area contributed by atoms with Gasteiger partial charge in [0.25, 0.3) is 0 Å². The van der Waals surface area contributed by atoms with Crippen molar-refractivity contribution in [3.63, 3.8) is 0 Å². The molecule has 0 heterocycles. The third kappa shape index (κ3) is 4.21. The van der Waals surface area contributed by atoms with Gasteiger partial charge in [0.05, 0.1) is 22.1 Å². The monoisotopic (exact) mass is 563 g/mol. The van der Waals surface area contributed by atoms with Crippen LogP contribution in [0.1, 0.15) is 35.7 Å². The zero-order chi connectivity index (χ0) is 22.2. The number of halogens is 4. The second-order valence-corrected chi connectivity index (χ2v) is 8.48. The molecule has 1 saturated carbocycles. The van der Waals surface area contributed by atoms with E-state index in [0.717, 1.165) is 12.1 Å². The van der Waals surface area contributed by atoms with Crippen LogP contribution in [-0.2, 0) is 9.53 Å². The highest BCUT2D eigenvalue weighted by molar-refractivity contribution is 9.11. The summed E-state index contributed by atoms with van der Waals surface area (Å²) >= 11 is 12.3. The topological polar surface area (TPSA) is 95.7 Å². The van der Waals surface area contributed by atoms with Gasteiger partial charge in [0.2, 0.25) is 11.4 Å². The zero-order valence-electron chi connectivity index (χ0n) is 15.3. The normalized spacial score (nSPS) is 14.2. The van der Waals surface area contributed by atoms with Crippen LogP contribution < -0.4 is 4.74 Å². The van der Waals surface area contributed by atoms with Crippen molar-refractivity contribution < 1.29 is 28.4 Å². The van der Waals surface area contributed by atoms with Gasteiger partial charge >= 0.3 is 11.7 Å². The number of carbonyl (C=O) groups excluding carboxylic acids is 2. The standard InChI is InChI=1S/C19H13Br2ClFNO6/c1-2-29-18(26)19(5-6-19)30-13-8-11(20)14(15(21)16(13)24(27)28)17(25)10-7-9(23)3-4-12(10)22/h3-4,7-8H,2,5-6H2,1H3. The van der Waals surface area contributed by atoms with Crippen molar-refractivity contribution in [1.29, 1.82) is 0 Å². The predicted molar refractivity (Wildman–Crippen MR) is 113 cm³/mol. The van der Waals surface area contributed by atoms with E-state index >= 15 is 0 Å². The number of ether oxygens (including phenoxy) is 2. The predicted octanol–water partition coefficient (Wildman–Crippen LogP) is 5.62. The molecule has 2 aromatic carbocycles. The lowest BCUT2D eigenvalue weighted by Gasteiger charge is -2.18. The number of nitrogens with zero attached hydrogens (tertiary/aromatic N) is 1. The number of benzene rings is 2. The molecule has 0 atom stereocenters. The SMILES string of the molecule is CCOC(=O)C1(Oc2cc(Br)c(C(=O)c3cc(F)ccc3Cl)c(Br)c2[N+](=O)[O-])CC1. The van der Waals surface area contributed by atoms with Crippen molar-refractivity contribution >= 4 is 60.9 Å². The molecule has 0 saturated heterocycles. The van der Waals surface area contributed by atoms with Crippen LogP contribution in [0, 0.1) is 15.9 Å². The van der Waals surface area contributed by atoms with Crippen molar-refractivity contribution in [2.75, 3.05) is 6.61 Å². The van der Waals surface area contributed by atoms with E-state index in [4.69, 9.17) is 21.1 Å². The van der Waals surface area contributed by atoms with E-state index in [1.54, 1.807) is 6.92 Å². The van der Waals surface area contributed by atoms with Crippen LogP contribution in [0.3, 0.4) is 0 Å². The Bertz CT molecular complexity index is 1070. The highest BCUT2D eigenvalue weighted by Crippen LogP contribution is 2.48. The van der Waals surface area contributed by atoms with Crippen LogP contribution in [0.4, 0.5) is 10.1 Å². The van der Waals surface area contributed by atoms with Crippen molar-refractivity contribution in [1.82, 2.24) is 0 Å². The fraction of sp³-hybridized carbons (Fsp3) is 0.263. The van der Waals surface area contributed by atoms with Gasteiger partial charge in [-0.1, -0.05) is 11.6 Å². The number of ketones is 1. The maximum Gasteiger partial charge on any atom is 0.350 e. The van der Waals surface area contributed by atoms with Gasteiger partial charge in [0.15, 0.2) is 5.78 Å². The fourth-order valence-electron chi connectivity index (χ4n) is 2.78. The molecule has 158 valence electrons. The first-order chi connectivity index (χ1) is 14.1. The Labute approximate surface area is 191 Å². The summed E-state index contributed by atoms with van der Waals surface area (Å²) in [5, 5.41) is 11.7. The quantitative estimate of drug-likeness (QED) is 0.187. The Morgan fingerprint density at radius 2 is 1.97 bits per heavy atom. The highest BCUT2D eigenvalue weighted by atomic mass is 79.9. The van der Waals surface area contributed by atoms with Crippen LogP contribution in [0.25, 0.3) is 0 Å². The molecule has 3 rings (SSSR count). The molecule has 0 radical (unpaired) electrons. The molecule has 30 heavy (non-hydrogen) atoms. The Balaban J connectivity index is 2.09. The van der Waals surface area contributed by atoms with E-state index in [-0.39, 0.29) is 37.5 Å². The minimum atomic E-state index is -1.29. The lowest BCUT2D eigenvalue weighted by atomic mass is 10.0. The van der Waals surface area contributed by atoms with Crippen LogP contribution in [0.15, 0.2) is 33.2 Å². The number of nitro groups is 1. The Kier molecular flexibility index (Phi) is 6.49. The number of carbonyl (C=O) groups is 2. The van der Waals surface area contributed by atoms with Gasteiger partial charge in [-0.05, 0) is 57.0 Å². The molecule has 2 aromatic rings. The maximum atomic E-state index is 13.6.